The summed E-state index contributed by atoms with van der Waals surface area (Å²) < 4.78 is 5.23. The molecule has 17 heavy (non-hydrogen) atoms. The molecule has 1 rings (SSSR count). The van der Waals surface area contributed by atoms with Crippen LogP contribution in [-0.2, 0) is 11.2 Å². The predicted octanol–water partition coefficient (Wildman–Crippen LogP) is 0.995. The number of hydrogen-bond donors (Lipinski definition) is 2. The van der Waals surface area contributed by atoms with Gasteiger partial charge in [0.05, 0.1) is 13.7 Å². The van der Waals surface area contributed by atoms with Crippen molar-refractivity contribution >= 4 is 18.3 Å². The smallest absolute Gasteiger partial charge is 0.233 e. The molecule has 5 heteroatoms. The molecule has 0 fully saturated rings. The second-order valence-electron chi connectivity index (χ2n) is 3.44. The summed E-state index contributed by atoms with van der Waals surface area (Å²) in [6.07, 6.45) is 0.777. The van der Waals surface area contributed by atoms with Crippen LogP contribution in [0.5, 0.6) is 5.75 Å². The maximum absolute atomic E-state index is 11.2. The molecule has 0 spiro atoms. The first-order valence-corrected chi connectivity index (χ1v) is 5.31. The van der Waals surface area contributed by atoms with Gasteiger partial charge >= 0.3 is 0 Å². The fraction of sp³-hybridized carbons (Fsp3) is 0.417. The number of carbonyl (C=O) groups excluding carboxylic acids is 1. The van der Waals surface area contributed by atoms with Crippen molar-refractivity contribution in [3.63, 3.8) is 0 Å². The largest absolute Gasteiger partial charge is 0.496 e. The number of methoxy groups -OCH3 is 1. The number of ether oxygens (including phenoxy) is 1. The Morgan fingerprint density at radius 1 is 1.35 bits per heavy atom. The highest BCUT2D eigenvalue weighted by atomic mass is 35.5. The van der Waals surface area contributed by atoms with Crippen LogP contribution in [0.25, 0.3) is 0 Å². The highest BCUT2D eigenvalue weighted by Crippen LogP contribution is 2.16. The van der Waals surface area contributed by atoms with Gasteiger partial charge in [-0.1, -0.05) is 18.2 Å². The van der Waals surface area contributed by atoms with E-state index in [2.05, 4.69) is 10.6 Å². The van der Waals surface area contributed by atoms with Crippen molar-refractivity contribution in [1.82, 2.24) is 10.6 Å². The zero-order valence-electron chi connectivity index (χ0n) is 10.2. The fourth-order valence-corrected chi connectivity index (χ4v) is 1.47. The van der Waals surface area contributed by atoms with Crippen molar-refractivity contribution in [3.8, 4) is 5.75 Å². The monoisotopic (exact) mass is 258 g/mol. The molecule has 0 bridgehead atoms. The molecule has 0 saturated heterocycles. The lowest BCUT2D eigenvalue weighted by atomic mass is 10.1. The first-order valence-electron chi connectivity index (χ1n) is 5.31. The second kappa shape index (κ2) is 8.84. The zero-order valence-corrected chi connectivity index (χ0v) is 11.0. The quantitative estimate of drug-likeness (QED) is 0.800. The van der Waals surface area contributed by atoms with E-state index in [4.69, 9.17) is 4.74 Å². The molecule has 0 aliphatic heterocycles. The van der Waals surface area contributed by atoms with Gasteiger partial charge in [-0.3, -0.25) is 4.79 Å². The average Bonchev–Trinajstić information content (AvgIpc) is 2.30. The Kier molecular flexibility index (Phi) is 8.19. The number of nitrogens with one attached hydrogen (secondary N) is 2. The van der Waals surface area contributed by atoms with Gasteiger partial charge in [0.25, 0.3) is 0 Å². The van der Waals surface area contributed by atoms with E-state index in [0.29, 0.717) is 13.1 Å². The van der Waals surface area contributed by atoms with Crippen LogP contribution in [0.15, 0.2) is 24.3 Å². The highest BCUT2D eigenvalue weighted by Gasteiger charge is 2.02. The van der Waals surface area contributed by atoms with Crippen LogP contribution in [0.3, 0.4) is 0 Å². The maximum Gasteiger partial charge on any atom is 0.233 e. The van der Waals surface area contributed by atoms with Crippen LogP contribution in [0.2, 0.25) is 0 Å². The molecule has 1 amide bonds. The first-order chi connectivity index (χ1) is 7.77. The minimum atomic E-state index is 0. The van der Waals surface area contributed by atoms with Crippen molar-refractivity contribution in [2.24, 2.45) is 0 Å². The molecule has 96 valence electrons. The average molecular weight is 259 g/mol. The Labute approximate surface area is 108 Å². The van der Waals surface area contributed by atoms with E-state index in [9.17, 15) is 4.79 Å². The van der Waals surface area contributed by atoms with E-state index in [1.807, 2.05) is 24.3 Å². The fourth-order valence-electron chi connectivity index (χ4n) is 1.47. The Balaban J connectivity index is 0.00000256. The van der Waals surface area contributed by atoms with Crippen LogP contribution in [-0.4, -0.2) is 33.2 Å². The minimum Gasteiger partial charge on any atom is -0.496 e. The molecule has 4 nitrogen and oxygen atoms in total. The SMILES string of the molecule is CNCC(=O)NCCc1ccccc1OC.Cl. The van der Waals surface area contributed by atoms with Gasteiger partial charge in [-0.2, -0.15) is 0 Å². The van der Waals surface area contributed by atoms with E-state index >= 15 is 0 Å². The first kappa shape index (κ1) is 15.7. The predicted molar refractivity (Wildman–Crippen MR) is 70.9 cm³/mol. The number of para-hydroxylation sites is 1. The van der Waals surface area contributed by atoms with Crippen molar-refractivity contribution < 1.29 is 9.53 Å². The van der Waals surface area contributed by atoms with Gasteiger partial charge < -0.3 is 15.4 Å². The topological polar surface area (TPSA) is 50.4 Å². The minimum absolute atomic E-state index is 0. The van der Waals surface area contributed by atoms with Gasteiger partial charge in [0.1, 0.15) is 5.75 Å². The molecule has 0 unspecified atom stereocenters. The Bertz CT molecular complexity index is 345. The highest BCUT2D eigenvalue weighted by molar-refractivity contribution is 5.85. The third-order valence-corrected chi connectivity index (χ3v) is 2.25. The Morgan fingerprint density at radius 2 is 2.06 bits per heavy atom. The van der Waals surface area contributed by atoms with E-state index in [-0.39, 0.29) is 18.3 Å². The third-order valence-electron chi connectivity index (χ3n) is 2.25. The lowest BCUT2D eigenvalue weighted by molar-refractivity contribution is -0.120. The van der Waals surface area contributed by atoms with Gasteiger partial charge in [-0.15, -0.1) is 12.4 Å². The molecular formula is C12H19ClN2O2. The van der Waals surface area contributed by atoms with Gasteiger partial charge in [-0.25, -0.2) is 0 Å². The van der Waals surface area contributed by atoms with Crippen molar-refractivity contribution in [3.05, 3.63) is 29.8 Å². The van der Waals surface area contributed by atoms with Gasteiger partial charge in [0.2, 0.25) is 5.91 Å². The van der Waals surface area contributed by atoms with Crippen LogP contribution in [0, 0.1) is 0 Å². The van der Waals surface area contributed by atoms with E-state index in [0.717, 1.165) is 17.7 Å². The molecular weight excluding hydrogens is 240 g/mol. The number of benzene rings is 1. The number of halogens is 1. The molecule has 1 aromatic rings. The summed E-state index contributed by atoms with van der Waals surface area (Å²) in [6, 6.07) is 7.82. The van der Waals surface area contributed by atoms with Crippen LogP contribution in [0.4, 0.5) is 0 Å². The van der Waals surface area contributed by atoms with Crippen LogP contribution in [0.1, 0.15) is 5.56 Å². The summed E-state index contributed by atoms with van der Waals surface area (Å²) in [5.41, 5.74) is 1.11. The third kappa shape index (κ3) is 5.56. The lowest BCUT2D eigenvalue weighted by Crippen LogP contribution is -2.33. The second-order valence-corrected chi connectivity index (χ2v) is 3.44. The Morgan fingerprint density at radius 3 is 2.71 bits per heavy atom. The molecule has 0 aliphatic rings. The molecule has 0 atom stereocenters. The number of rotatable bonds is 6. The van der Waals surface area contributed by atoms with E-state index in [1.165, 1.54) is 0 Å². The number of carbonyl (C=O) groups is 1. The molecule has 0 heterocycles. The molecule has 0 radical (unpaired) electrons. The number of hydrogen-bond acceptors (Lipinski definition) is 3. The molecule has 0 saturated carbocycles. The van der Waals surface area contributed by atoms with Crippen molar-refractivity contribution in [2.75, 3.05) is 27.2 Å². The summed E-state index contributed by atoms with van der Waals surface area (Å²) in [5, 5.41) is 5.63. The standard InChI is InChI=1S/C12H18N2O2.ClH/c1-13-9-12(15)14-8-7-10-5-3-4-6-11(10)16-2;/h3-6,13H,7-9H2,1-2H3,(H,14,15);1H. The summed E-state index contributed by atoms with van der Waals surface area (Å²) in [5.74, 6) is 0.878. The van der Waals surface area contributed by atoms with Gasteiger partial charge in [-0.05, 0) is 25.1 Å². The summed E-state index contributed by atoms with van der Waals surface area (Å²) >= 11 is 0. The Hall–Kier alpha value is -1.26. The number of likely N-dealkylation sites (N-methyl/N-ethyl adjacent to an activating group) is 1. The van der Waals surface area contributed by atoms with Crippen LogP contribution < -0.4 is 15.4 Å². The molecule has 2 N–H and O–H groups in total. The lowest BCUT2D eigenvalue weighted by Gasteiger charge is -2.08. The maximum atomic E-state index is 11.2. The molecule has 1 aromatic carbocycles. The van der Waals surface area contributed by atoms with Gasteiger partial charge in [0, 0.05) is 6.54 Å². The van der Waals surface area contributed by atoms with Crippen LogP contribution >= 0.6 is 12.4 Å². The summed E-state index contributed by atoms with van der Waals surface area (Å²) in [6.45, 7) is 0.979. The van der Waals surface area contributed by atoms with Crippen molar-refractivity contribution in [2.45, 2.75) is 6.42 Å². The normalized spacial score (nSPS) is 9.29. The van der Waals surface area contributed by atoms with Crippen molar-refractivity contribution in [1.29, 1.82) is 0 Å². The van der Waals surface area contributed by atoms with Gasteiger partial charge in [0.15, 0.2) is 0 Å². The number of amides is 1. The zero-order chi connectivity index (χ0) is 11.8. The van der Waals surface area contributed by atoms with E-state index in [1.54, 1.807) is 14.2 Å². The molecule has 0 aromatic heterocycles. The summed E-state index contributed by atoms with van der Waals surface area (Å²) in [4.78, 5) is 11.2. The summed E-state index contributed by atoms with van der Waals surface area (Å²) in [7, 11) is 3.40. The van der Waals surface area contributed by atoms with E-state index < -0.39 is 0 Å². The molecule has 0 aliphatic carbocycles.